The summed E-state index contributed by atoms with van der Waals surface area (Å²) in [6, 6.07) is 8.37. The van der Waals surface area contributed by atoms with Crippen molar-refractivity contribution in [2.75, 3.05) is 12.3 Å². The van der Waals surface area contributed by atoms with E-state index in [0.717, 1.165) is 24.4 Å². The molecule has 1 saturated heterocycles. The van der Waals surface area contributed by atoms with Gasteiger partial charge in [0, 0.05) is 24.9 Å². The molecule has 1 aliphatic heterocycles. The van der Waals surface area contributed by atoms with Crippen LogP contribution in [0.1, 0.15) is 25.3 Å². The summed E-state index contributed by atoms with van der Waals surface area (Å²) in [7, 11) is 0. The van der Waals surface area contributed by atoms with Crippen molar-refractivity contribution in [3.8, 4) is 0 Å². The van der Waals surface area contributed by atoms with Crippen LogP contribution in [0.2, 0.25) is 0 Å². The molecule has 0 spiro atoms. The standard InChI is InChI=1S/C13H20N2O/c1-10(13-7-4-8-16-13)15-9-11-5-2-3-6-12(11)14/h2-3,5-6,10,13,15H,4,7-9,14H2,1H3. The molecule has 2 atom stereocenters. The van der Waals surface area contributed by atoms with Gasteiger partial charge in [-0.2, -0.15) is 0 Å². The Morgan fingerprint density at radius 1 is 1.50 bits per heavy atom. The van der Waals surface area contributed by atoms with Gasteiger partial charge in [0.1, 0.15) is 0 Å². The second-order valence-electron chi connectivity index (χ2n) is 4.42. The van der Waals surface area contributed by atoms with Crippen LogP contribution in [0.4, 0.5) is 5.69 Å². The topological polar surface area (TPSA) is 47.3 Å². The van der Waals surface area contributed by atoms with E-state index in [0.29, 0.717) is 12.1 Å². The Morgan fingerprint density at radius 2 is 2.31 bits per heavy atom. The molecule has 3 heteroatoms. The zero-order valence-corrected chi connectivity index (χ0v) is 9.78. The molecule has 1 aromatic rings. The normalized spacial score (nSPS) is 22.2. The van der Waals surface area contributed by atoms with E-state index in [9.17, 15) is 0 Å². The Labute approximate surface area is 97.0 Å². The minimum atomic E-state index is 0.366. The van der Waals surface area contributed by atoms with Crippen LogP contribution in [0.25, 0.3) is 0 Å². The van der Waals surface area contributed by atoms with Gasteiger partial charge in [-0.1, -0.05) is 18.2 Å². The largest absolute Gasteiger partial charge is 0.398 e. The average molecular weight is 220 g/mol. The number of ether oxygens (including phenoxy) is 1. The number of nitrogen functional groups attached to an aromatic ring is 1. The molecule has 0 aliphatic carbocycles. The molecule has 1 fully saturated rings. The van der Waals surface area contributed by atoms with E-state index in [4.69, 9.17) is 10.5 Å². The van der Waals surface area contributed by atoms with Crippen molar-refractivity contribution in [2.45, 2.75) is 38.5 Å². The first kappa shape index (κ1) is 11.4. The van der Waals surface area contributed by atoms with Gasteiger partial charge in [-0.05, 0) is 31.4 Å². The van der Waals surface area contributed by atoms with E-state index in [1.165, 1.54) is 12.8 Å². The van der Waals surface area contributed by atoms with Gasteiger partial charge in [-0.3, -0.25) is 0 Å². The Hall–Kier alpha value is -1.06. The summed E-state index contributed by atoms with van der Waals surface area (Å²) in [5.41, 5.74) is 7.90. The van der Waals surface area contributed by atoms with Gasteiger partial charge in [0.2, 0.25) is 0 Å². The van der Waals surface area contributed by atoms with Gasteiger partial charge >= 0.3 is 0 Å². The Balaban J connectivity index is 1.84. The number of anilines is 1. The third-order valence-corrected chi connectivity index (χ3v) is 3.19. The molecule has 0 bridgehead atoms. The van der Waals surface area contributed by atoms with E-state index >= 15 is 0 Å². The highest BCUT2D eigenvalue weighted by atomic mass is 16.5. The number of hydrogen-bond donors (Lipinski definition) is 2. The molecule has 1 aromatic carbocycles. The summed E-state index contributed by atoms with van der Waals surface area (Å²) in [4.78, 5) is 0. The second-order valence-corrected chi connectivity index (χ2v) is 4.42. The molecule has 3 nitrogen and oxygen atoms in total. The number of para-hydroxylation sites is 1. The highest BCUT2D eigenvalue weighted by molar-refractivity contribution is 5.46. The van der Waals surface area contributed by atoms with Crippen LogP contribution >= 0.6 is 0 Å². The molecular formula is C13H20N2O. The van der Waals surface area contributed by atoms with Crippen molar-refractivity contribution in [1.82, 2.24) is 5.32 Å². The zero-order chi connectivity index (χ0) is 11.4. The van der Waals surface area contributed by atoms with E-state index in [1.807, 2.05) is 18.2 Å². The molecule has 3 N–H and O–H groups in total. The predicted molar refractivity (Wildman–Crippen MR) is 66.1 cm³/mol. The number of hydrogen-bond acceptors (Lipinski definition) is 3. The molecule has 16 heavy (non-hydrogen) atoms. The van der Waals surface area contributed by atoms with Crippen LogP contribution in [0, 0.1) is 0 Å². The molecule has 0 amide bonds. The smallest absolute Gasteiger partial charge is 0.0726 e. The first-order valence-corrected chi connectivity index (χ1v) is 5.96. The van der Waals surface area contributed by atoms with Crippen LogP contribution in [-0.2, 0) is 11.3 Å². The van der Waals surface area contributed by atoms with Crippen molar-refractivity contribution in [3.05, 3.63) is 29.8 Å². The molecule has 88 valence electrons. The Bertz CT molecular complexity index is 334. The fraction of sp³-hybridized carbons (Fsp3) is 0.538. The van der Waals surface area contributed by atoms with E-state index < -0.39 is 0 Å². The maximum absolute atomic E-state index is 5.89. The lowest BCUT2D eigenvalue weighted by Crippen LogP contribution is -2.36. The maximum atomic E-state index is 5.89. The van der Waals surface area contributed by atoms with Crippen molar-refractivity contribution in [2.24, 2.45) is 0 Å². The molecule has 2 rings (SSSR count). The summed E-state index contributed by atoms with van der Waals surface area (Å²) in [6.07, 6.45) is 2.72. The quantitative estimate of drug-likeness (QED) is 0.762. The van der Waals surface area contributed by atoms with Gasteiger partial charge in [0.25, 0.3) is 0 Å². The van der Waals surface area contributed by atoms with Crippen LogP contribution in [0.15, 0.2) is 24.3 Å². The van der Waals surface area contributed by atoms with Crippen molar-refractivity contribution < 1.29 is 4.74 Å². The Morgan fingerprint density at radius 3 is 3.00 bits per heavy atom. The van der Waals surface area contributed by atoms with Crippen molar-refractivity contribution in [3.63, 3.8) is 0 Å². The molecule has 1 aliphatic rings. The van der Waals surface area contributed by atoms with Gasteiger partial charge in [0.05, 0.1) is 6.10 Å². The minimum absolute atomic E-state index is 0.366. The molecular weight excluding hydrogens is 200 g/mol. The van der Waals surface area contributed by atoms with E-state index in [-0.39, 0.29) is 0 Å². The fourth-order valence-electron chi connectivity index (χ4n) is 2.09. The lowest BCUT2D eigenvalue weighted by molar-refractivity contribution is 0.0832. The first-order valence-electron chi connectivity index (χ1n) is 5.96. The van der Waals surface area contributed by atoms with E-state index in [1.54, 1.807) is 0 Å². The lowest BCUT2D eigenvalue weighted by Gasteiger charge is -2.20. The van der Waals surface area contributed by atoms with Crippen LogP contribution in [0.5, 0.6) is 0 Å². The van der Waals surface area contributed by atoms with Crippen LogP contribution in [-0.4, -0.2) is 18.8 Å². The third-order valence-electron chi connectivity index (χ3n) is 3.19. The number of nitrogens with two attached hydrogens (primary N) is 1. The van der Waals surface area contributed by atoms with Gasteiger partial charge in [-0.25, -0.2) is 0 Å². The summed E-state index contributed by atoms with van der Waals surface area (Å²) >= 11 is 0. The third kappa shape index (κ3) is 2.74. The van der Waals surface area contributed by atoms with Gasteiger partial charge in [-0.15, -0.1) is 0 Å². The molecule has 0 radical (unpaired) electrons. The summed E-state index contributed by atoms with van der Waals surface area (Å²) in [5.74, 6) is 0. The lowest BCUT2D eigenvalue weighted by atomic mass is 10.1. The summed E-state index contributed by atoms with van der Waals surface area (Å²) in [5, 5.41) is 3.48. The second kappa shape index (κ2) is 5.32. The first-order chi connectivity index (χ1) is 7.77. The predicted octanol–water partition coefficient (Wildman–Crippen LogP) is 1.93. The summed E-state index contributed by atoms with van der Waals surface area (Å²) < 4.78 is 5.64. The monoisotopic (exact) mass is 220 g/mol. The molecule has 0 saturated carbocycles. The average Bonchev–Trinajstić information content (AvgIpc) is 2.81. The Kier molecular flexibility index (Phi) is 3.80. The molecule has 1 heterocycles. The van der Waals surface area contributed by atoms with Crippen LogP contribution in [0.3, 0.4) is 0 Å². The van der Waals surface area contributed by atoms with E-state index in [2.05, 4.69) is 18.3 Å². The SMILES string of the molecule is CC(NCc1ccccc1N)C1CCCO1. The summed E-state index contributed by atoms with van der Waals surface area (Å²) in [6.45, 7) is 3.90. The molecule has 0 aromatic heterocycles. The van der Waals surface area contributed by atoms with Crippen molar-refractivity contribution in [1.29, 1.82) is 0 Å². The van der Waals surface area contributed by atoms with Crippen molar-refractivity contribution >= 4 is 5.69 Å². The number of benzene rings is 1. The van der Waals surface area contributed by atoms with Gasteiger partial charge < -0.3 is 15.8 Å². The van der Waals surface area contributed by atoms with Crippen LogP contribution < -0.4 is 11.1 Å². The minimum Gasteiger partial charge on any atom is -0.398 e. The fourth-order valence-corrected chi connectivity index (χ4v) is 2.09. The number of rotatable bonds is 4. The highest BCUT2D eigenvalue weighted by Gasteiger charge is 2.21. The molecule has 2 unspecified atom stereocenters. The van der Waals surface area contributed by atoms with Gasteiger partial charge in [0.15, 0.2) is 0 Å². The highest BCUT2D eigenvalue weighted by Crippen LogP contribution is 2.16. The maximum Gasteiger partial charge on any atom is 0.0726 e. The number of nitrogens with one attached hydrogen (secondary N) is 1. The zero-order valence-electron chi connectivity index (χ0n) is 9.78.